The van der Waals surface area contributed by atoms with E-state index in [0.29, 0.717) is 17.6 Å². The number of pyridine rings is 3. The van der Waals surface area contributed by atoms with E-state index in [1.54, 1.807) is 0 Å². The van der Waals surface area contributed by atoms with Gasteiger partial charge in [0.05, 0.1) is 83.3 Å². The minimum absolute atomic E-state index is 0.563. The summed E-state index contributed by atoms with van der Waals surface area (Å²) in [5.41, 5.74) is 29.9. The molecule has 18 aromatic carbocycles. The van der Waals surface area contributed by atoms with Gasteiger partial charge in [-0.2, -0.15) is 9.97 Å². The molecule has 0 saturated heterocycles. The van der Waals surface area contributed by atoms with Gasteiger partial charge < -0.3 is 22.8 Å². The minimum Gasteiger partial charge on any atom is -0.309 e. The third-order valence-corrected chi connectivity index (χ3v) is 26.8. The second kappa shape index (κ2) is 32.8. The molecule has 0 saturated carbocycles. The van der Waals surface area contributed by atoms with Crippen molar-refractivity contribution in [1.82, 2.24) is 57.3 Å². The van der Waals surface area contributed by atoms with Crippen molar-refractivity contribution in [2.75, 3.05) is 0 Å². The van der Waals surface area contributed by atoms with Crippen molar-refractivity contribution in [3.05, 3.63) is 486 Å². The number of aromatic nitrogens is 12. The number of nitrogens with zero attached hydrogens (tertiary/aromatic N) is 12. The van der Waals surface area contributed by atoms with Crippen molar-refractivity contribution in [2.24, 2.45) is 0 Å². The molecular formula is C124H80N12. The highest BCUT2D eigenvalue weighted by Gasteiger charge is 2.28. The van der Waals surface area contributed by atoms with Gasteiger partial charge in [0.15, 0.2) is 11.6 Å². The number of hydrogen-bond donors (Lipinski definition) is 0. The first-order valence-electron chi connectivity index (χ1n) is 46.0. The zero-order valence-electron chi connectivity index (χ0n) is 73.6. The fourth-order valence-electron chi connectivity index (χ4n) is 21.0. The van der Waals surface area contributed by atoms with Crippen LogP contribution in [0.3, 0.4) is 0 Å². The highest BCUT2D eigenvalue weighted by Crippen LogP contribution is 2.49. The van der Waals surface area contributed by atoms with Crippen LogP contribution in [0.15, 0.2) is 486 Å². The van der Waals surface area contributed by atoms with Gasteiger partial charge in [-0.15, -0.1) is 0 Å². The van der Waals surface area contributed by atoms with Crippen LogP contribution in [-0.4, -0.2) is 57.3 Å². The first-order valence-corrected chi connectivity index (χ1v) is 46.0. The van der Waals surface area contributed by atoms with Crippen molar-refractivity contribution in [2.45, 2.75) is 0 Å². The molecule has 12 nitrogen and oxygen atoms in total. The Morgan fingerprint density at radius 3 is 0.779 bits per heavy atom. The number of para-hydroxylation sites is 9. The topological polar surface area (TPSA) is 107 Å². The minimum atomic E-state index is 0.563. The Bertz CT molecular complexity index is 9470. The van der Waals surface area contributed by atoms with E-state index < -0.39 is 0 Å². The van der Waals surface area contributed by atoms with Gasteiger partial charge in [0.25, 0.3) is 0 Å². The van der Waals surface area contributed by atoms with Crippen molar-refractivity contribution < 1.29 is 0 Å². The molecule has 0 aliphatic carbocycles. The molecule has 0 spiro atoms. The smallest absolute Gasteiger partial charge is 0.238 e. The molecule has 0 amide bonds. The van der Waals surface area contributed by atoms with Crippen LogP contribution in [0.2, 0.25) is 0 Å². The maximum atomic E-state index is 5.12. The molecule has 10 aromatic heterocycles. The van der Waals surface area contributed by atoms with E-state index >= 15 is 0 Å². The summed E-state index contributed by atoms with van der Waals surface area (Å²) in [4.78, 5) is 30.5. The fraction of sp³-hybridized carbons (Fsp3) is 0. The van der Waals surface area contributed by atoms with Gasteiger partial charge in [-0.05, 0) is 155 Å². The second-order valence-electron chi connectivity index (χ2n) is 34.3. The van der Waals surface area contributed by atoms with Crippen molar-refractivity contribution in [3.63, 3.8) is 0 Å². The molecule has 12 heteroatoms. The predicted octanol–water partition coefficient (Wildman–Crippen LogP) is 31.2. The molecule has 10 heterocycles. The lowest BCUT2D eigenvalue weighted by atomic mass is 10.00. The van der Waals surface area contributed by atoms with Crippen LogP contribution in [0.1, 0.15) is 0 Å². The Morgan fingerprint density at radius 2 is 0.412 bits per heavy atom. The van der Waals surface area contributed by atoms with Crippen LogP contribution in [0.25, 0.3) is 244 Å². The fourth-order valence-corrected chi connectivity index (χ4v) is 21.0. The average Bonchev–Trinajstić information content (AvgIpc) is 1.57. The van der Waals surface area contributed by atoms with Crippen LogP contribution in [0, 0.1) is 0 Å². The summed E-state index contributed by atoms with van der Waals surface area (Å²) in [6.45, 7) is 0. The van der Waals surface area contributed by atoms with Gasteiger partial charge >= 0.3 is 0 Å². The molecule has 28 aromatic rings. The Kier molecular flexibility index (Phi) is 19.0. The van der Waals surface area contributed by atoms with E-state index in [2.05, 4.69) is 434 Å². The standard InChI is InChI=1S/C44H28N6.C41H27N3.C39H25N3/c1-4-15-29(16-5-1)42-46-43(30-17-6-2-7-18-30)48-44(47-42)50-36-25-13-10-21-32(36)39-34(23-14-26-37(39)50)41-40-33-22-11-12-24-35(33)49(38(40)27-28-45-41)31-19-8-3-9-20-31;1-3-12-28(13-4-1)29-22-24-31(25-23-29)44-35-19-9-7-16-32(35)39-34(18-11-21-37(39)44)41-40-33-17-8-10-20-36(33)43(38(40)26-27-42-41)30-14-5-2-6-15-30;1-2-13-28(14-3-1)41-34-19-9-7-16-31(34)38-36(41)23-24-40-39(38)32-17-10-20-35-37(32)30-15-6-8-18-33(30)42(35)29-22-21-26-11-4-5-12-27(26)25-29/h1-28H;1-27H;1-25H. The molecule has 28 rings (SSSR count). The number of fused-ring (bicyclic) bond motifs is 19. The van der Waals surface area contributed by atoms with Gasteiger partial charge in [-0.1, -0.05) is 334 Å². The second-order valence-corrected chi connectivity index (χ2v) is 34.3. The van der Waals surface area contributed by atoms with Crippen molar-refractivity contribution in [1.29, 1.82) is 0 Å². The third kappa shape index (κ3) is 13.0. The highest BCUT2D eigenvalue weighted by atomic mass is 15.2. The Labute approximate surface area is 781 Å². The maximum absolute atomic E-state index is 5.12. The van der Waals surface area contributed by atoms with Gasteiger partial charge in [0, 0.05) is 139 Å². The quantitative estimate of drug-likeness (QED) is 0.121. The van der Waals surface area contributed by atoms with Gasteiger partial charge in [-0.3, -0.25) is 19.5 Å². The number of benzene rings is 18. The summed E-state index contributed by atoms with van der Waals surface area (Å²) in [7, 11) is 0. The first kappa shape index (κ1) is 78.5. The molecule has 0 radical (unpaired) electrons. The molecular weight excluding hydrogens is 1660 g/mol. The van der Waals surface area contributed by atoms with Crippen LogP contribution >= 0.6 is 0 Å². The van der Waals surface area contributed by atoms with Crippen LogP contribution in [0.4, 0.5) is 0 Å². The van der Waals surface area contributed by atoms with Gasteiger partial charge in [-0.25, -0.2) is 4.98 Å². The summed E-state index contributed by atoms with van der Waals surface area (Å²) < 4.78 is 14.0. The monoisotopic (exact) mass is 1740 g/mol. The molecule has 0 fully saturated rings. The van der Waals surface area contributed by atoms with E-state index in [9.17, 15) is 0 Å². The average molecular weight is 1740 g/mol. The van der Waals surface area contributed by atoms with Crippen LogP contribution in [0.5, 0.6) is 0 Å². The van der Waals surface area contributed by atoms with Crippen molar-refractivity contribution in [3.8, 4) is 102 Å². The number of rotatable bonds is 12. The molecule has 0 aliphatic rings. The molecule has 0 aliphatic heterocycles. The highest BCUT2D eigenvalue weighted by molar-refractivity contribution is 6.25. The van der Waals surface area contributed by atoms with Gasteiger partial charge in [0.1, 0.15) is 0 Å². The SMILES string of the molecule is c1ccc(-c2ccc(-n3c4ccccc4c4c(-c5nccc6c5c5ccccc5n6-c5ccccc5)cccc43)cc2)cc1.c1ccc(-c2nc(-c3ccccc3)nc(-n3c4ccccc4c4c(-c5nccc6c5c5ccccc5n6-c5ccccc5)cccc43)n2)cc1.c1ccc(-n2c3ccccc3c3c(-c4cccc5c4c4ccccc4n5-c4ccc5ccccc5c4)nccc32)cc1. The van der Waals surface area contributed by atoms with Crippen molar-refractivity contribution >= 4 is 142 Å². The van der Waals surface area contributed by atoms with Crippen LogP contribution < -0.4 is 0 Å². The molecule has 0 bridgehead atoms. The molecule has 0 unspecified atom stereocenters. The summed E-state index contributed by atoms with van der Waals surface area (Å²) in [6, 6.07) is 165. The molecule has 636 valence electrons. The summed E-state index contributed by atoms with van der Waals surface area (Å²) in [5.74, 6) is 1.81. The van der Waals surface area contributed by atoms with Crippen LogP contribution in [-0.2, 0) is 0 Å². The third-order valence-electron chi connectivity index (χ3n) is 26.8. The summed E-state index contributed by atoms with van der Waals surface area (Å²) >= 11 is 0. The molecule has 0 atom stereocenters. The van der Waals surface area contributed by atoms with E-state index in [4.69, 9.17) is 29.9 Å². The van der Waals surface area contributed by atoms with E-state index in [1.807, 2.05) is 79.3 Å². The van der Waals surface area contributed by atoms with Gasteiger partial charge in [0.2, 0.25) is 5.95 Å². The molecule has 0 N–H and O–H groups in total. The lowest BCUT2D eigenvalue weighted by Gasteiger charge is -2.11. The lowest BCUT2D eigenvalue weighted by molar-refractivity contribution is 0.953. The largest absolute Gasteiger partial charge is 0.309 e. The first-order chi connectivity index (χ1) is 67.6. The number of hydrogen-bond acceptors (Lipinski definition) is 6. The normalized spacial score (nSPS) is 11.7. The predicted molar refractivity (Wildman–Crippen MR) is 562 cm³/mol. The van der Waals surface area contributed by atoms with E-state index in [0.717, 1.165) is 128 Å². The Balaban J connectivity index is 0.000000106. The summed E-state index contributed by atoms with van der Waals surface area (Å²) in [6.07, 6.45) is 5.84. The van der Waals surface area contributed by atoms with E-state index in [1.165, 1.54) is 98.1 Å². The lowest BCUT2D eigenvalue weighted by Crippen LogP contribution is -2.06. The Morgan fingerprint density at radius 1 is 0.154 bits per heavy atom. The molecule has 136 heavy (non-hydrogen) atoms. The van der Waals surface area contributed by atoms with E-state index in [-0.39, 0.29) is 0 Å². The zero-order valence-corrected chi connectivity index (χ0v) is 73.6. The summed E-state index contributed by atoms with van der Waals surface area (Å²) in [5, 5.41) is 16.6. The maximum Gasteiger partial charge on any atom is 0.238 e. The zero-order chi connectivity index (χ0) is 89.7. The Hall–Kier alpha value is -18.5.